The number of aliphatic imine (C=N–C) groups is 1. The number of hydrogen-bond acceptors (Lipinski definition) is 3. The topological polar surface area (TPSA) is 33.6 Å². The zero-order chi connectivity index (χ0) is 12.1. The van der Waals surface area contributed by atoms with Gasteiger partial charge >= 0.3 is 0 Å². The molecule has 0 fully saturated rings. The Morgan fingerprint density at radius 2 is 2.18 bits per heavy atom. The summed E-state index contributed by atoms with van der Waals surface area (Å²) in [4.78, 5) is 4.35. The second kappa shape index (κ2) is 5.71. The van der Waals surface area contributed by atoms with Gasteiger partial charge < -0.3 is 10.1 Å². The fraction of sp³-hybridized carbons (Fsp3) is 0.500. The molecule has 17 heavy (non-hydrogen) atoms. The predicted molar refractivity (Wildman–Crippen MR) is 70.9 cm³/mol. The third-order valence-electron chi connectivity index (χ3n) is 2.88. The van der Waals surface area contributed by atoms with Crippen molar-refractivity contribution in [2.75, 3.05) is 19.7 Å². The van der Waals surface area contributed by atoms with Gasteiger partial charge in [-0.15, -0.1) is 0 Å². The molecule has 0 unspecified atom stereocenters. The Hall–Kier alpha value is -1.51. The lowest BCUT2D eigenvalue weighted by Gasteiger charge is -2.13. The highest BCUT2D eigenvalue weighted by atomic mass is 16.5. The van der Waals surface area contributed by atoms with Crippen LogP contribution in [0, 0.1) is 0 Å². The van der Waals surface area contributed by atoms with Gasteiger partial charge in [-0.3, -0.25) is 4.99 Å². The molecular formula is C14H20N2O. The molecule has 0 saturated heterocycles. The molecule has 0 aromatic heterocycles. The molecule has 1 aliphatic rings. The van der Waals surface area contributed by atoms with Gasteiger partial charge in [0.1, 0.15) is 5.75 Å². The summed E-state index contributed by atoms with van der Waals surface area (Å²) in [7, 11) is 0. The fourth-order valence-corrected chi connectivity index (χ4v) is 1.96. The van der Waals surface area contributed by atoms with Gasteiger partial charge in [0.25, 0.3) is 0 Å². The van der Waals surface area contributed by atoms with Gasteiger partial charge in [0.05, 0.1) is 19.0 Å². The Kier molecular flexibility index (Phi) is 4.02. The SMILES string of the molecule is CC(C)c1ccccc1OCCC1=NCCN1. The molecule has 3 heteroatoms. The van der Waals surface area contributed by atoms with Crippen molar-refractivity contribution in [3.63, 3.8) is 0 Å². The van der Waals surface area contributed by atoms with Crippen molar-refractivity contribution in [1.29, 1.82) is 0 Å². The number of nitrogens with zero attached hydrogens (tertiary/aromatic N) is 1. The summed E-state index contributed by atoms with van der Waals surface area (Å²) in [6.45, 7) is 6.93. The Morgan fingerprint density at radius 1 is 1.35 bits per heavy atom. The highest BCUT2D eigenvalue weighted by Crippen LogP contribution is 2.25. The minimum Gasteiger partial charge on any atom is -0.493 e. The highest BCUT2D eigenvalue weighted by molar-refractivity contribution is 5.83. The van der Waals surface area contributed by atoms with Gasteiger partial charge in [-0.05, 0) is 17.5 Å². The molecule has 92 valence electrons. The lowest BCUT2D eigenvalue weighted by molar-refractivity contribution is 0.323. The van der Waals surface area contributed by atoms with Crippen molar-refractivity contribution >= 4 is 5.84 Å². The lowest BCUT2D eigenvalue weighted by atomic mass is 10.0. The Morgan fingerprint density at radius 3 is 2.88 bits per heavy atom. The van der Waals surface area contributed by atoms with E-state index in [-0.39, 0.29) is 0 Å². The number of benzene rings is 1. The third-order valence-corrected chi connectivity index (χ3v) is 2.88. The van der Waals surface area contributed by atoms with E-state index in [2.05, 4.69) is 36.3 Å². The number of ether oxygens (including phenoxy) is 1. The number of rotatable bonds is 5. The zero-order valence-corrected chi connectivity index (χ0v) is 10.6. The van der Waals surface area contributed by atoms with Crippen LogP contribution in [0.3, 0.4) is 0 Å². The van der Waals surface area contributed by atoms with E-state index in [1.807, 2.05) is 12.1 Å². The van der Waals surface area contributed by atoms with Gasteiger partial charge in [-0.1, -0.05) is 32.0 Å². The second-order valence-electron chi connectivity index (χ2n) is 4.55. The van der Waals surface area contributed by atoms with Crippen molar-refractivity contribution in [3.05, 3.63) is 29.8 Å². The minimum absolute atomic E-state index is 0.494. The molecule has 1 aliphatic heterocycles. The summed E-state index contributed by atoms with van der Waals surface area (Å²) in [6, 6.07) is 8.25. The molecule has 1 aromatic rings. The number of para-hydroxylation sites is 1. The van der Waals surface area contributed by atoms with Crippen LogP contribution in [-0.4, -0.2) is 25.5 Å². The molecule has 1 heterocycles. The van der Waals surface area contributed by atoms with E-state index < -0.39 is 0 Å². The molecule has 0 aliphatic carbocycles. The van der Waals surface area contributed by atoms with Gasteiger partial charge in [0.2, 0.25) is 0 Å². The van der Waals surface area contributed by atoms with Gasteiger partial charge in [0.15, 0.2) is 0 Å². The van der Waals surface area contributed by atoms with Crippen LogP contribution in [0.2, 0.25) is 0 Å². The molecule has 1 N–H and O–H groups in total. The first kappa shape index (κ1) is 12.0. The first-order valence-corrected chi connectivity index (χ1v) is 6.26. The maximum atomic E-state index is 5.84. The fourth-order valence-electron chi connectivity index (χ4n) is 1.96. The normalized spacial score (nSPS) is 14.6. The summed E-state index contributed by atoms with van der Waals surface area (Å²) < 4.78 is 5.84. The summed E-state index contributed by atoms with van der Waals surface area (Å²) in [5, 5.41) is 3.25. The van der Waals surface area contributed by atoms with Crippen LogP contribution in [0.1, 0.15) is 31.7 Å². The van der Waals surface area contributed by atoms with Crippen LogP contribution >= 0.6 is 0 Å². The zero-order valence-electron chi connectivity index (χ0n) is 10.6. The average molecular weight is 232 g/mol. The monoisotopic (exact) mass is 232 g/mol. The largest absolute Gasteiger partial charge is 0.493 e. The van der Waals surface area contributed by atoms with Gasteiger partial charge in [-0.25, -0.2) is 0 Å². The molecule has 1 aromatic carbocycles. The average Bonchev–Trinajstić information content (AvgIpc) is 2.82. The van der Waals surface area contributed by atoms with Crippen LogP contribution in [-0.2, 0) is 0 Å². The van der Waals surface area contributed by atoms with Crippen molar-refractivity contribution in [2.45, 2.75) is 26.2 Å². The van der Waals surface area contributed by atoms with E-state index in [1.165, 1.54) is 5.56 Å². The van der Waals surface area contributed by atoms with E-state index in [4.69, 9.17) is 4.74 Å². The molecule has 2 rings (SSSR count). The quantitative estimate of drug-likeness (QED) is 0.846. The molecule has 0 saturated carbocycles. The molecule has 3 nitrogen and oxygen atoms in total. The Labute approximate surface area is 103 Å². The summed E-state index contributed by atoms with van der Waals surface area (Å²) in [6.07, 6.45) is 0.867. The van der Waals surface area contributed by atoms with Crippen LogP contribution in [0.5, 0.6) is 5.75 Å². The molecule has 0 radical (unpaired) electrons. The maximum absolute atomic E-state index is 5.84. The van der Waals surface area contributed by atoms with E-state index in [0.29, 0.717) is 12.5 Å². The minimum atomic E-state index is 0.494. The van der Waals surface area contributed by atoms with Crippen LogP contribution < -0.4 is 10.1 Å². The summed E-state index contributed by atoms with van der Waals surface area (Å²) in [5.74, 6) is 2.57. The molecule has 0 amide bonds. The van der Waals surface area contributed by atoms with Crippen LogP contribution in [0.15, 0.2) is 29.3 Å². The van der Waals surface area contributed by atoms with Crippen molar-refractivity contribution in [2.24, 2.45) is 4.99 Å². The Balaban J connectivity index is 1.89. The van der Waals surface area contributed by atoms with Crippen molar-refractivity contribution in [3.8, 4) is 5.75 Å². The van der Waals surface area contributed by atoms with E-state index >= 15 is 0 Å². The number of hydrogen-bond donors (Lipinski definition) is 1. The van der Waals surface area contributed by atoms with Crippen molar-refractivity contribution < 1.29 is 4.74 Å². The van der Waals surface area contributed by atoms with Gasteiger partial charge in [0, 0.05) is 13.0 Å². The lowest BCUT2D eigenvalue weighted by Crippen LogP contribution is -2.20. The van der Waals surface area contributed by atoms with E-state index in [9.17, 15) is 0 Å². The molecular weight excluding hydrogens is 212 g/mol. The van der Waals surface area contributed by atoms with Gasteiger partial charge in [-0.2, -0.15) is 0 Å². The second-order valence-corrected chi connectivity index (χ2v) is 4.55. The first-order valence-electron chi connectivity index (χ1n) is 6.26. The number of amidine groups is 1. The smallest absolute Gasteiger partial charge is 0.122 e. The summed E-state index contributed by atoms with van der Waals surface area (Å²) >= 11 is 0. The van der Waals surface area contributed by atoms with Crippen LogP contribution in [0.25, 0.3) is 0 Å². The standard InChI is InChI=1S/C14H20N2O/c1-11(2)12-5-3-4-6-13(12)17-10-7-14-15-8-9-16-14/h3-6,11H,7-10H2,1-2H3,(H,15,16). The van der Waals surface area contributed by atoms with Crippen LogP contribution in [0.4, 0.5) is 0 Å². The first-order chi connectivity index (χ1) is 8.27. The Bertz CT molecular complexity index is 399. The molecule has 0 spiro atoms. The number of nitrogens with one attached hydrogen (secondary N) is 1. The third kappa shape index (κ3) is 3.22. The predicted octanol–water partition coefficient (Wildman–Crippen LogP) is 2.58. The van der Waals surface area contributed by atoms with E-state index in [1.54, 1.807) is 0 Å². The van der Waals surface area contributed by atoms with E-state index in [0.717, 1.165) is 31.1 Å². The highest BCUT2D eigenvalue weighted by Gasteiger charge is 2.08. The molecule has 0 bridgehead atoms. The molecule has 0 atom stereocenters. The summed E-state index contributed by atoms with van der Waals surface area (Å²) in [5.41, 5.74) is 1.27. The maximum Gasteiger partial charge on any atom is 0.122 e. The van der Waals surface area contributed by atoms with Crippen molar-refractivity contribution in [1.82, 2.24) is 5.32 Å².